The van der Waals surface area contributed by atoms with Crippen molar-refractivity contribution in [1.29, 1.82) is 0 Å². The Morgan fingerprint density at radius 3 is 2.00 bits per heavy atom. The van der Waals surface area contributed by atoms with Gasteiger partial charge in [-0.1, -0.05) is 58.5 Å². The lowest BCUT2D eigenvalue weighted by Crippen LogP contribution is -2.48. The summed E-state index contributed by atoms with van der Waals surface area (Å²) in [4.78, 5) is 32.6. The summed E-state index contributed by atoms with van der Waals surface area (Å²) >= 11 is 24.7. The van der Waals surface area contributed by atoms with Crippen LogP contribution in [-0.2, 0) is 10.2 Å². The van der Waals surface area contributed by atoms with Crippen LogP contribution in [0.4, 0.5) is 0 Å². The van der Waals surface area contributed by atoms with E-state index < -0.39 is 5.41 Å². The molecule has 0 bridgehead atoms. The summed E-state index contributed by atoms with van der Waals surface area (Å²) < 4.78 is 6.07. The van der Waals surface area contributed by atoms with Gasteiger partial charge in [0.25, 0.3) is 5.89 Å². The SMILES string of the molecule is CC(=O)C1(c2ccc(Cl)cc2)CCN(C(=O)c2nc(-c3ccc(Cl)cc3Cl)c(-c3ccc(Cl)cc3)o2)CC1. The van der Waals surface area contributed by atoms with Crippen molar-refractivity contribution in [1.82, 2.24) is 9.88 Å². The molecule has 4 aromatic rings. The Balaban J connectivity index is 1.47. The van der Waals surface area contributed by atoms with E-state index in [2.05, 4.69) is 4.98 Å². The molecule has 194 valence electrons. The number of aromatic nitrogens is 1. The molecule has 5 rings (SSSR count). The molecule has 3 aromatic carbocycles. The number of hydrogen-bond acceptors (Lipinski definition) is 4. The van der Waals surface area contributed by atoms with Gasteiger partial charge in [-0.15, -0.1) is 0 Å². The summed E-state index contributed by atoms with van der Waals surface area (Å²) in [6.45, 7) is 2.34. The fourth-order valence-corrected chi connectivity index (χ4v) is 5.66. The number of Topliss-reactive ketones (excluding diaryl/α,β-unsaturated/α-hetero) is 1. The fraction of sp³-hybridized carbons (Fsp3) is 0.207. The van der Waals surface area contributed by atoms with Crippen LogP contribution in [0, 0.1) is 0 Å². The number of halogens is 4. The monoisotopic (exact) mass is 586 g/mol. The number of oxazole rings is 1. The Morgan fingerprint density at radius 2 is 1.42 bits per heavy atom. The minimum Gasteiger partial charge on any atom is -0.432 e. The quantitative estimate of drug-likeness (QED) is 0.235. The van der Waals surface area contributed by atoms with E-state index in [1.165, 1.54) is 0 Å². The lowest BCUT2D eigenvalue weighted by Gasteiger charge is -2.40. The molecule has 0 saturated carbocycles. The third-order valence-corrected chi connectivity index (χ3v) is 8.13. The second-order valence-corrected chi connectivity index (χ2v) is 11.0. The highest BCUT2D eigenvalue weighted by Crippen LogP contribution is 2.40. The third-order valence-electron chi connectivity index (χ3n) is 7.08. The zero-order valence-electron chi connectivity index (χ0n) is 20.3. The molecule has 1 amide bonds. The number of amides is 1. The first-order chi connectivity index (χ1) is 18.2. The number of hydrogen-bond donors (Lipinski definition) is 0. The smallest absolute Gasteiger partial charge is 0.309 e. The predicted octanol–water partition coefficient (Wildman–Crippen LogP) is 8.39. The van der Waals surface area contributed by atoms with Crippen LogP contribution in [0.5, 0.6) is 0 Å². The van der Waals surface area contributed by atoms with Crippen molar-refractivity contribution in [2.45, 2.75) is 25.2 Å². The lowest BCUT2D eigenvalue weighted by atomic mass is 9.70. The molecule has 0 aliphatic carbocycles. The van der Waals surface area contributed by atoms with Gasteiger partial charge in [0.05, 0.1) is 10.4 Å². The molecule has 1 fully saturated rings. The first-order valence-corrected chi connectivity index (χ1v) is 13.5. The van der Waals surface area contributed by atoms with Gasteiger partial charge in [0.1, 0.15) is 11.5 Å². The number of benzene rings is 3. The first-order valence-electron chi connectivity index (χ1n) is 12.0. The van der Waals surface area contributed by atoms with E-state index in [4.69, 9.17) is 50.8 Å². The van der Waals surface area contributed by atoms with Gasteiger partial charge in [-0.2, -0.15) is 0 Å². The maximum absolute atomic E-state index is 13.6. The number of carbonyl (C=O) groups excluding carboxylic acids is 2. The fourth-order valence-electron chi connectivity index (χ4n) is 4.91. The second-order valence-electron chi connectivity index (χ2n) is 9.27. The molecule has 5 nitrogen and oxygen atoms in total. The molecule has 0 unspecified atom stereocenters. The summed E-state index contributed by atoms with van der Waals surface area (Å²) in [5.41, 5.74) is 1.93. The molecule has 1 aliphatic heterocycles. The highest BCUT2D eigenvalue weighted by atomic mass is 35.5. The van der Waals surface area contributed by atoms with E-state index >= 15 is 0 Å². The van der Waals surface area contributed by atoms with Crippen molar-refractivity contribution < 1.29 is 14.0 Å². The zero-order valence-corrected chi connectivity index (χ0v) is 23.3. The van der Waals surface area contributed by atoms with E-state index in [1.807, 2.05) is 12.1 Å². The largest absolute Gasteiger partial charge is 0.432 e. The van der Waals surface area contributed by atoms with Crippen LogP contribution < -0.4 is 0 Å². The Labute approximate surface area is 240 Å². The Bertz CT molecular complexity index is 1510. The Hall–Kier alpha value is -2.83. The Kier molecular flexibility index (Phi) is 7.56. The predicted molar refractivity (Wildman–Crippen MR) is 151 cm³/mol. The second kappa shape index (κ2) is 10.7. The molecular weight excluding hydrogens is 566 g/mol. The van der Waals surface area contributed by atoms with Crippen LogP contribution in [0.15, 0.2) is 71.1 Å². The molecule has 0 N–H and O–H groups in total. The van der Waals surface area contributed by atoms with Crippen LogP contribution in [0.3, 0.4) is 0 Å². The summed E-state index contributed by atoms with van der Waals surface area (Å²) in [7, 11) is 0. The van der Waals surface area contributed by atoms with Gasteiger partial charge >= 0.3 is 5.91 Å². The van der Waals surface area contributed by atoms with E-state index in [9.17, 15) is 9.59 Å². The lowest BCUT2D eigenvalue weighted by molar-refractivity contribution is -0.124. The molecular formula is C29H22Cl4N2O3. The molecule has 38 heavy (non-hydrogen) atoms. The maximum atomic E-state index is 13.6. The van der Waals surface area contributed by atoms with Crippen molar-refractivity contribution in [2.75, 3.05) is 13.1 Å². The molecule has 1 saturated heterocycles. The van der Waals surface area contributed by atoms with Crippen molar-refractivity contribution in [3.63, 3.8) is 0 Å². The van der Waals surface area contributed by atoms with Crippen molar-refractivity contribution >= 4 is 58.1 Å². The van der Waals surface area contributed by atoms with Gasteiger partial charge in [0.2, 0.25) is 0 Å². The normalized spacial score (nSPS) is 14.9. The third kappa shape index (κ3) is 5.08. The number of nitrogens with zero attached hydrogens (tertiary/aromatic N) is 2. The number of carbonyl (C=O) groups is 2. The van der Waals surface area contributed by atoms with E-state index in [0.717, 1.165) is 5.56 Å². The van der Waals surface area contributed by atoms with Crippen LogP contribution >= 0.6 is 46.4 Å². The highest BCUT2D eigenvalue weighted by molar-refractivity contribution is 6.36. The summed E-state index contributed by atoms with van der Waals surface area (Å²) in [5, 5.41) is 2.04. The van der Waals surface area contributed by atoms with E-state index in [0.29, 0.717) is 68.6 Å². The van der Waals surface area contributed by atoms with Gasteiger partial charge in [0, 0.05) is 39.3 Å². The maximum Gasteiger partial charge on any atom is 0.309 e. The molecule has 2 heterocycles. The molecule has 1 aromatic heterocycles. The topological polar surface area (TPSA) is 63.4 Å². The molecule has 9 heteroatoms. The minimum absolute atomic E-state index is 0.0576. The number of rotatable bonds is 5. The summed E-state index contributed by atoms with van der Waals surface area (Å²) in [6.07, 6.45) is 0.965. The first kappa shape index (κ1) is 26.8. The van der Waals surface area contributed by atoms with Gasteiger partial charge in [-0.25, -0.2) is 4.98 Å². The summed E-state index contributed by atoms with van der Waals surface area (Å²) in [5.74, 6) is 0.0424. The zero-order chi connectivity index (χ0) is 27.0. The van der Waals surface area contributed by atoms with Crippen LogP contribution in [0.2, 0.25) is 20.1 Å². The molecule has 1 aliphatic rings. The van der Waals surface area contributed by atoms with Gasteiger partial charge in [-0.3, -0.25) is 9.59 Å². The highest BCUT2D eigenvalue weighted by Gasteiger charge is 2.42. The number of piperidine rings is 1. The van der Waals surface area contributed by atoms with Crippen molar-refractivity contribution in [3.05, 3.63) is 98.3 Å². The van der Waals surface area contributed by atoms with Crippen LogP contribution in [-0.4, -0.2) is 34.7 Å². The van der Waals surface area contributed by atoms with Crippen LogP contribution in [0.25, 0.3) is 22.6 Å². The average Bonchev–Trinajstić information content (AvgIpc) is 3.34. The summed E-state index contributed by atoms with van der Waals surface area (Å²) in [6, 6.07) is 19.4. The van der Waals surface area contributed by atoms with Crippen molar-refractivity contribution in [3.8, 4) is 22.6 Å². The average molecular weight is 588 g/mol. The van der Waals surface area contributed by atoms with E-state index in [1.54, 1.807) is 66.4 Å². The van der Waals surface area contributed by atoms with Gasteiger partial charge in [-0.05, 0) is 79.9 Å². The minimum atomic E-state index is -0.672. The molecule has 0 spiro atoms. The Morgan fingerprint density at radius 1 is 0.842 bits per heavy atom. The molecule has 0 radical (unpaired) electrons. The van der Waals surface area contributed by atoms with E-state index in [-0.39, 0.29) is 17.6 Å². The number of likely N-dealkylation sites (tertiary alicyclic amines) is 1. The van der Waals surface area contributed by atoms with Gasteiger partial charge in [0.15, 0.2) is 5.76 Å². The molecule has 0 atom stereocenters. The van der Waals surface area contributed by atoms with Crippen LogP contribution in [0.1, 0.15) is 36.0 Å². The number of ketones is 1. The van der Waals surface area contributed by atoms with Gasteiger partial charge < -0.3 is 9.32 Å². The van der Waals surface area contributed by atoms with Crippen molar-refractivity contribution in [2.24, 2.45) is 0 Å². The standard InChI is InChI=1S/C29H22Cl4N2O3/c1-17(36)29(19-4-8-21(31)9-5-19)12-14-35(15-13-29)28(37)27-34-25(23-11-10-22(32)16-24(23)33)26(38-27)18-2-6-20(30)7-3-18/h2-11,16H,12-15H2,1H3.